The van der Waals surface area contributed by atoms with Crippen molar-refractivity contribution in [2.75, 3.05) is 9.44 Å². The van der Waals surface area contributed by atoms with Crippen LogP contribution in [0.3, 0.4) is 0 Å². The maximum atomic E-state index is 13.0. The molecule has 15 nitrogen and oxygen atoms in total. The van der Waals surface area contributed by atoms with Crippen molar-refractivity contribution in [1.82, 2.24) is 5.48 Å². The molecule has 4 rings (SSSR count). The number of nitro groups is 2. The van der Waals surface area contributed by atoms with Gasteiger partial charge in [-0.25, -0.2) is 22.3 Å². The van der Waals surface area contributed by atoms with Crippen LogP contribution < -0.4 is 14.9 Å². The summed E-state index contributed by atoms with van der Waals surface area (Å²) in [7, 11) is -8.56. The van der Waals surface area contributed by atoms with Crippen LogP contribution in [0.15, 0.2) is 113 Å². The topological polar surface area (TPSA) is 228 Å². The van der Waals surface area contributed by atoms with Gasteiger partial charge in [0, 0.05) is 41.7 Å². The Hall–Kier alpha value is -5.65. The second-order valence-electron chi connectivity index (χ2n) is 8.92. The lowest BCUT2D eigenvalue weighted by atomic mass is 9.96. The fraction of sp³-hybridized carbons (Fsp3) is 0. The van der Waals surface area contributed by atoms with Crippen molar-refractivity contribution in [2.45, 2.75) is 9.79 Å². The largest absolute Gasteiger partial charge is 0.288 e. The van der Waals surface area contributed by atoms with Gasteiger partial charge in [0.05, 0.1) is 19.6 Å². The van der Waals surface area contributed by atoms with Gasteiger partial charge in [0.15, 0.2) is 0 Å². The van der Waals surface area contributed by atoms with E-state index in [1.807, 2.05) is 0 Å². The highest BCUT2D eigenvalue weighted by Crippen LogP contribution is 2.30. The van der Waals surface area contributed by atoms with Gasteiger partial charge in [-0.2, -0.15) is 0 Å². The van der Waals surface area contributed by atoms with Crippen molar-refractivity contribution in [3.8, 4) is 0 Å². The summed E-state index contributed by atoms with van der Waals surface area (Å²) in [5.74, 6) is -0.954. The molecule has 0 atom stereocenters. The highest BCUT2D eigenvalue weighted by molar-refractivity contribution is 7.93. The molecular weight excluding hydrogens is 618 g/mol. The first-order valence-electron chi connectivity index (χ1n) is 12.2. The van der Waals surface area contributed by atoms with Gasteiger partial charge in [-0.15, -0.1) is 0 Å². The second kappa shape index (κ2) is 12.7. The molecule has 0 fully saturated rings. The Morgan fingerprint density at radius 1 is 0.659 bits per heavy atom. The van der Waals surface area contributed by atoms with Crippen LogP contribution in [0.25, 0.3) is 5.57 Å². The molecule has 0 aliphatic carbocycles. The van der Waals surface area contributed by atoms with Gasteiger partial charge in [-0.3, -0.25) is 39.7 Å². The van der Waals surface area contributed by atoms with Crippen molar-refractivity contribution in [3.05, 3.63) is 134 Å². The number of sulfonamides is 2. The molecule has 1 amide bonds. The first kappa shape index (κ1) is 31.3. The van der Waals surface area contributed by atoms with E-state index < -0.39 is 47.2 Å². The molecule has 0 bridgehead atoms. The molecule has 17 heteroatoms. The Morgan fingerprint density at radius 3 is 1.45 bits per heavy atom. The van der Waals surface area contributed by atoms with Gasteiger partial charge in [-0.1, -0.05) is 36.4 Å². The smallest absolute Gasteiger partial charge is 0.270 e. The van der Waals surface area contributed by atoms with Gasteiger partial charge in [0.2, 0.25) is 0 Å². The normalized spacial score (nSPS) is 11.2. The third-order valence-electron chi connectivity index (χ3n) is 5.91. The molecule has 0 heterocycles. The van der Waals surface area contributed by atoms with E-state index in [-0.39, 0.29) is 37.9 Å². The molecule has 0 aliphatic heterocycles. The molecule has 4 aromatic carbocycles. The predicted molar refractivity (Wildman–Crippen MR) is 158 cm³/mol. The van der Waals surface area contributed by atoms with Crippen molar-refractivity contribution in [2.24, 2.45) is 0 Å². The number of carbonyl (C=O) groups excluding carboxylic acids is 1. The molecule has 4 aromatic rings. The van der Waals surface area contributed by atoms with E-state index in [0.29, 0.717) is 0 Å². The minimum absolute atomic E-state index is 0.0202. The van der Waals surface area contributed by atoms with E-state index in [1.54, 1.807) is 0 Å². The van der Waals surface area contributed by atoms with E-state index >= 15 is 0 Å². The highest BCUT2D eigenvalue weighted by Gasteiger charge is 2.20. The molecular formula is C27H21N5O10S2. The first-order valence-corrected chi connectivity index (χ1v) is 15.2. The molecule has 0 saturated heterocycles. The maximum Gasteiger partial charge on any atom is 0.270 e. The lowest BCUT2D eigenvalue weighted by molar-refractivity contribution is -0.385. The Bertz CT molecular complexity index is 1890. The summed E-state index contributed by atoms with van der Waals surface area (Å²) in [6.45, 7) is 0. The Morgan fingerprint density at radius 2 is 1.07 bits per heavy atom. The third kappa shape index (κ3) is 7.40. The average Bonchev–Trinajstić information content (AvgIpc) is 2.99. The summed E-state index contributed by atoms with van der Waals surface area (Å²) < 4.78 is 56.5. The lowest BCUT2D eigenvalue weighted by Gasteiger charge is -2.14. The van der Waals surface area contributed by atoms with Crippen molar-refractivity contribution < 1.29 is 36.7 Å². The Kier molecular flexibility index (Phi) is 9.03. The first-order chi connectivity index (χ1) is 20.8. The number of hydroxylamine groups is 1. The molecule has 0 saturated carbocycles. The van der Waals surface area contributed by atoms with E-state index in [4.69, 9.17) is 5.21 Å². The van der Waals surface area contributed by atoms with Gasteiger partial charge >= 0.3 is 0 Å². The van der Waals surface area contributed by atoms with Crippen LogP contribution in [-0.4, -0.2) is 37.8 Å². The van der Waals surface area contributed by atoms with E-state index in [2.05, 4.69) is 9.44 Å². The molecule has 0 radical (unpaired) electrons. The number of amides is 1. The Labute approximate surface area is 249 Å². The summed E-state index contributed by atoms with van der Waals surface area (Å²) in [6, 6.07) is 20.3. The number of rotatable bonds is 11. The summed E-state index contributed by atoms with van der Waals surface area (Å²) in [5, 5.41) is 31.3. The van der Waals surface area contributed by atoms with E-state index in [0.717, 1.165) is 30.3 Å². The third-order valence-corrected chi connectivity index (χ3v) is 8.67. The molecule has 0 aromatic heterocycles. The zero-order chi connectivity index (χ0) is 32.1. The van der Waals surface area contributed by atoms with Crippen LogP contribution >= 0.6 is 0 Å². The van der Waals surface area contributed by atoms with Crippen LogP contribution in [-0.2, 0) is 24.8 Å². The number of hydrogen-bond acceptors (Lipinski definition) is 10. The minimum Gasteiger partial charge on any atom is -0.288 e. The van der Waals surface area contributed by atoms with Crippen molar-refractivity contribution >= 4 is 54.3 Å². The quantitative estimate of drug-likeness (QED) is 0.0796. The van der Waals surface area contributed by atoms with Gasteiger partial charge in [0.1, 0.15) is 0 Å². The molecule has 44 heavy (non-hydrogen) atoms. The summed E-state index contributed by atoms with van der Waals surface area (Å²) in [6.07, 6.45) is 0.988. The number of non-ortho nitro benzene ring substituents is 2. The van der Waals surface area contributed by atoms with Crippen molar-refractivity contribution in [1.29, 1.82) is 0 Å². The molecule has 0 unspecified atom stereocenters. The van der Waals surface area contributed by atoms with Crippen LogP contribution in [0.1, 0.15) is 11.1 Å². The standard InChI is InChI=1S/C27H21N5O10S2/c33-27(28-34)17-26(18-5-1-7-20(13-18)29-43(39,40)24-11-3-9-22(15-24)31(35)36)19-6-2-8-21(14-19)30-44(41,42)25-12-4-10-23(16-25)32(37)38/h1-17,29-30,34H,(H,28,33). The van der Waals surface area contributed by atoms with Gasteiger partial charge in [0.25, 0.3) is 37.3 Å². The predicted octanol–water partition coefficient (Wildman–Crippen LogP) is 4.04. The van der Waals surface area contributed by atoms with Crippen LogP contribution in [0.2, 0.25) is 0 Å². The fourth-order valence-electron chi connectivity index (χ4n) is 3.95. The number of benzene rings is 4. The monoisotopic (exact) mass is 639 g/mol. The minimum atomic E-state index is -4.28. The van der Waals surface area contributed by atoms with Gasteiger partial charge in [-0.05, 0) is 53.1 Å². The SMILES string of the molecule is O=C(C=C(c1cccc(NS(=O)(=O)c2cccc([N+](=O)[O-])c2)c1)c1cccc(NS(=O)(=O)c2cccc([N+](=O)[O-])c2)c1)NO. The van der Waals surface area contributed by atoms with Crippen LogP contribution in [0.4, 0.5) is 22.7 Å². The van der Waals surface area contributed by atoms with Gasteiger partial charge < -0.3 is 0 Å². The van der Waals surface area contributed by atoms with E-state index in [1.165, 1.54) is 78.3 Å². The number of nitro benzene ring substituents is 2. The van der Waals surface area contributed by atoms with Crippen molar-refractivity contribution in [3.63, 3.8) is 0 Å². The highest BCUT2D eigenvalue weighted by atomic mass is 32.2. The number of hydrogen-bond donors (Lipinski definition) is 4. The summed E-state index contributed by atoms with van der Waals surface area (Å²) >= 11 is 0. The number of nitrogens with one attached hydrogen (secondary N) is 3. The molecule has 4 N–H and O–H groups in total. The fourth-order valence-corrected chi connectivity index (χ4v) is 6.13. The molecule has 0 aliphatic rings. The number of anilines is 2. The van der Waals surface area contributed by atoms with E-state index in [9.17, 15) is 41.9 Å². The van der Waals surface area contributed by atoms with Crippen LogP contribution in [0.5, 0.6) is 0 Å². The average molecular weight is 640 g/mol. The molecule has 0 spiro atoms. The lowest BCUT2D eigenvalue weighted by Crippen LogP contribution is -2.16. The Balaban J connectivity index is 1.69. The molecule has 226 valence electrons. The second-order valence-corrected chi connectivity index (χ2v) is 12.3. The summed E-state index contributed by atoms with van der Waals surface area (Å²) in [5.41, 5.74) is 1.29. The number of nitrogens with zero attached hydrogens (tertiary/aromatic N) is 2. The van der Waals surface area contributed by atoms with Crippen LogP contribution in [0, 0.1) is 20.2 Å². The number of carbonyl (C=O) groups is 1. The zero-order valence-corrected chi connectivity index (χ0v) is 23.8. The summed E-state index contributed by atoms with van der Waals surface area (Å²) in [4.78, 5) is 32.1. The zero-order valence-electron chi connectivity index (χ0n) is 22.1. The maximum absolute atomic E-state index is 13.0.